The molecule has 1 amide bonds. The lowest BCUT2D eigenvalue weighted by atomic mass is 9.65. The molecule has 0 radical (unpaired) electrons. The molecule has 2 aliphatic carbocycles. The van der Waals surface area contributed by atoms with Gasteiger partial charge in [-0.05, 0) is 62.5 Å². The molecule has 2 unspecified atom stereocenters. The molecular formula is C22H30N4OS. The summed E-state index contributed by atoms with van der Waals surface area (Å²) >= 11 is 1.77. The van der Waals surface area contributed by atoms with E-state index in [0.29, 0.717) is 23.9 Å². The van der Waals surface area contributed by atoms with Crippen LogP contribution in [0, 0.1) is 17.8 Å². The van der Waals surface area contributed by atoms with Gasteiger partial charge in [-0.2, -0.15) is 0 Å². The zero-order chi connectivity index (χ0) is 19.1. The normalized spacial score (nSPS) is 31.1. The van der Waals surface area contributed by atoms with Crippen LogP contribution in [-0.2, 0) is 4.79 Å². The molecule has 5 nitrogen and oxygen atoms in total. The van der Waals surface area contributed by atoms with Gasteiger partial charge in [-0.25, -0.2) is 4.98 Å². The molecule has 3 aliphatic rings. The molecular weight excluding hydrogens is 368 g/mol. The first kappa shape index (κ1) is 18.4. The molecule has 150 valence electrons. The minimum Gasteiger partial charge on any atom is -0.353 e. The summed E-state index contributed by atoms with van der Waals surface area (Å²) in [6, 6.07) is 8.95. The summed E-state index contributed by atoms with van der Waals surface area (Å²) in [6.45, 7) is 1.93. The summed E-state index contributed by atoms with van der Waals surface area (Å²) in [5, 5.41) is 4.48. The van der Waals surface area contributed by atoms with Crippen molar-refractivity contribution in [2.45, 2.75) is 57.0 Å². The van der Waals surface area contributed by atoms with Crippen LogP contribution in [0.4, 0.5) is 5.13 Å². The van der Waals surface area contributed by atoms with Crippen molar-refractivity contribution in [3.8, 4) is 0 Å². The zero-order valence-electron chi connectivity index (χ0n) is 16.3. The van der Waals surface area contributed by atoms with Gasteiger partial charge in [-0.1, -0.05) is 29.9 Å². The van der Waals surface area contributed by atoms with Crippen molar-refractivity contribution in [3.63, 3.8) is 0 Å². The number of anilines is 1. The Morgan fingerprint density at radius 2 is 1.82 bits per heavy atom. The van der Waals surface area contributed by atoms with Crippen LogP contribution in [0.2, 0.25) is 0 Å². The number of fused-ring (bicyclic) bond motifs is 3. The lowest BCUT2D eigenvalue weighted by molar-refractivity contribution is -0.128. The number of aromatic nitrogens is 1. The predicted octanol–water partition coefficient (Wildman–Crippen LogP) is 3.53. The van der Waals surface area contributed by atoms with Crippen LogP contribution in [0.15, 0.2) is 24.3 Å². The summed E-state index contributed by atoms with van der Waals surface area (Å²) in [5.41, 5.74) is 7.47. The maximum atomic E-state index is 12.9. The molecule has 6 heteroatoms. The summed E-state index contributed by atoms with van der Waals surface area (Å²) in [4.78, 5) is 20.1. The second-order valence-electron chi connectivity index (χ2n) is 8.93. The first-order chi connectivity index (χ1) is 13.7. The minimum atomic E-state index is 0.178. The number of carbonyl (C=O) groups is 1. The fraction of sp³-hybridized carbons (Fsp3) is 0.636. The quantitative estimate of drug-likeness (QED) is 0.830. The van der Waals surface area contributed by atoms with Gasteiger partial charge in [0.25, 0.3) is 0 Å². The van der Waals surface area contributed by atoms with Gasteiger partial charge in [-0.3, -0.25) is 4.79 Å². The molecule has 2 saturated carbocycles. The fourth-order valence-corrected chi connectivity index (χ4v) is 6.55. The van der Waals surface area contributed by atoms with Crippen molar-refractivity contribution in [1.29, 1.82) is 0 Å². The van der Waals surface area contributed by atoms with Crippen LogP contribution in [0.25, 0.3) is 10.2 Å². The number of carbonyl (C=O) groups excluding carboxylic acids is 1. The fourth-order valence-electron chi connectivity index (χ4n) is 5.53. The Labute approximate surface area is 170 Å². The Bertz CT molecular complexity index is 797. The average molecular weight is 399 g/mol. The van der Waals surface area contributed by atoms with Crippen molar-refractivity contribution >= 4 is 32.6 Å². The maximum Gasteiger partial charge on any atom is 0.223 e. The number of benzene rings is 1. The van der Waals surface area contributed by atoms with Gasteiger partial charge in [-0.15, -0.1) is 0 Å². The highest BCUT2D eigenvalue weighted by Gasteiger charge is 2.40. The van der Waals surface area contributed by atoms with Gasteiger partial charge in [0.1, 0.15) is 0 Å². The number of nitrogens with one attached hydrogen (secondary N) is 1. The Balaban J connectivity index is 1.15. The second-order valence-corrected chi connectivity index (χ2v) is 9.94. The number of piperidine rings is 1. The number of para-hydroxylation sites is 1. The SMILES string of the molecule is NC1C2CCCC1CC(C(=O)NC1CCN(c3nc4ccccc4s3)CC1)C2. The summed E-state index contributed by atoms with van der Waals surface area (Å²) in [7, 11) is 0. The zero-order valence-corrected chi connectivity index (χ0v) is 17.2. The van der Waals surface area contributed by atoms with E-state index in [9.17, 15) is 4.79 Å². The molecule has 2 heterocycles. The average Bonchev–Trinajstić information content (AvgIpc) is 3.12. The maximum absolute atomic E-state index is 12.9. The molecule has 1 saturated heterocycles. The van der Waals surface area contributed by atoms with E-state index in [0.717, 1.165) is 49.4 Å². The van der Waals surface area contributed by atoms with Gasteiger partial charge in [0.15, 0.2) is 5.13 Å². The van der Waals surface area contributed by atoms with E-state index < -0.39 is 0 Å². The topological polar surface area (TPSA) is 71.2 Å². The molecule has 3 fully saturated rings. The largest absolute Gasteiger partial charge is 0.353 e. The van der Waals surface area contributed by atoms with Crippen LogP contribution in [0.3, 0.4) is 0 Å². The monoisotopic (exact) mass is 398 g/mol. The number of amides is 1. The summed E-state index contributed by atoms with van der Waals surface area (Å²) in [5.74, 6) is 1.58. The van der Waals surface area contributed by atoms with E-state index in [-0.39, 0.29) is 11.8 Å². The Morgan fingerprint density at radius 3 is 2.54 bits per heavy atom. The highest BCUT2D eigenvalue weighted by atomic mass is 32.1. The third-order valence-electron chi connectivity index (χ3n) is 7.18. The van der Waals surface area contributed by atoms with Crippen molar-refractivity contribution in [2.75, 3.05) is 18.0 Å². The van der Waals surface area contributed by atoms with Gasteiger partial charge in [0.2, 0.25) is 5.91 Å². The van der Waals surface area contributed by atoms with Crippen LogP contribution < -0.4 is 16.0 Å². The predicted molar refractivity (Wildman–Crippen MR) is 115 cm³/mol. The second kappa shape index (κ2) is 7.64. The molecule has 28 heavy (non-hydrogen) atoms. The smallest absolute Gasteiger partial charge is 0.223 e. The van der Waals surface area contributed by atoms with Gasteiger partial charge >= 0.3 is 0 Å². The number of rotatable bonds is 3. The number of thiazole rings is 1. The van der Waals surface area contributed by atoms with Crippen molar-refractivity contribution in [1.82, 2.24) is 10.3 Å². The molecule has 3 N–H and O–H groups in total. The standard InChI is InChI=1S/C22H30N4OS/c23-20-14-4-3-5-15(20)13-16(12-14)21(27)24-17-8-10-26(11-9-17)22-25-18-6-1-2-7-19(18)28-22/h1-2,6-7,14-17,20H,3-5,8-13,23H2,(H,24,27). The lowest BCUT2D eigenvalue weighted by Gasteiger charge is -2.44. The van der Waals surface area contributed by atoms with Gasteiger partial charge in [0, 0.05) is 31.1 Å². The van der Waals surface area contributed by atoms with E-state index in [1.165, 1.54) is 24.0 Å². The molecule has 1 aromatic carbocycles. The molecule has 0 spiro atoms. The highest BCUT2D eigenvalue weighted by Crippen LogP contribution is 2.42. The summed E-state index contributed by atoms with van der Waals surface area (Å²) < 4.78 is 1.24. The van der Waals surface area contributed by atoms with E-state index >= 15 is 0 Å². The molecule has 2 aromatic rings. The molecule has 1 aliphatic heterocycles. The Kier molecular flexibility index (Phi) is 5.01. The molecule has 5 rings (SSSR count). The van der Waals surface area contributed by atoms with Gasteiger partial charge in [0.05, 0.1) is 10.2 Å². The van der Waals surface area contributed by atoms with Crippen molar-refractivity contribution in [2.24, 2.45) is 23.5 Å². The number of nitrogens with two attached hydrogens (primary N) is 1. The third kappa shape index (κ3) is 3.52. The number of hydrogen-bond acceptors (Lipinski definition) is 5. The molecule has 1 aromatic heterocycles. The first-order valence-corrected chi connectivity index (χ1v) is 11.7. The minimum absolute atomic E-state index is 0.178. The van der Waals surface area contributed by atoms with Crippen LogP contribution in [0.1, 0.15) is 44.9 Å². The van der Waals surface area contributed by atoms with Crippen LogP contribution in [0.5, 0.6) is 0 Å². The van der Waals surface area contributed by atoms with Gasteiger partial charge < -0.3 is 16.0 Å². The Morgan fingerprint density at radius 1 is 1.11 bits per heavy atom. The van der Waals surface area contributed by atoms with Crippen molar-refractivity contribution < 1.29 is 4.79 Å². The Hall–Kier alpha value is -1.66. The van der Waals surface area contributed by atoms with Crippen LogP contribution >= 0.6 is 11.3 Å². The number of hydrogen-bond donors (Lipinski definition) is 2. The van der Waals surface area contributed by atoms with E-state index in [2.05, 4.69) is 28.4 Å². The first-order valence-electron chi connectivity index (χ1n) is 10.8. The molecule has 2 atom stereocenters. The van der Waals surface area contributed by atoms with E-state index in [1.807, 2.05) is 6.07 Å². The van der Waals surface area contributed by atoms with E-state index in [1.54, 1.807) is 11.3 Å². The molecule has 2 bridgehead atoms. The van der Waals surface area contributed by atoms with Crippen molar-refractivity contribution in [3.05, 3.63) is 24.3 Å². The van der Waals surface area contributed by atoms with E-state index in [4.69, 9.17) is 10.7 Å². The number of nitrogens with zero attached hydrogens (tertiary/aromatic N) is 2. The summed E-state index contributed by atoms with van der Waals surface area (Å²) in [6.07, 6.45) is 7.70. The lowest BCUT2D eigenvalue weighted by Crippen LogP contribution is -2.51. The third-order valence-corrected chi connectivity index (χ3v) is 8.28. The highest BCUT2D eigenvalue weighted by molar-refractivity contribution is 7.22. The van der Waals surface area contributed by atoms with Crippen LogP contribution in [-0.4, -0.2) is 36.1 Å².